The van der Waals surface area contributed by atoms with Crippen LogP contribution in [0, 0.1) is 0 Å². The molecule has 1 aromatic rings. The highest BCUT2D eigenvalue weighted by Crippen LogP contribution is 2.33. The molecule has 27 heavy (non-hydrogen) atoms. The summed E-state index contributed by atoms with van der Waals surface area (Å²) >= 11 is 0. The Kier molecular flexibility index (Phi) is 4.67. The lowest BCUT2D eigenvalue weighted by Crippen LogP contribution is -2.51. The van der Waals surface area contributed by atoms with Crippen molar-refractivity contribution in [3.63, 3.8) is 0 Å². The summed E-state index contributed by atoms with van der Waals surface area (Å²) in [6, 6.07) is 3.87. The zero-order valence-corrected chi connectivity index (χ0v) is 15.7. The lowest BCUT2D eigenvalue weighted by molar-refractivity contribution is -0.140. The highest BCUT2D eigenvalue weighted by molar-refractivity contribution is 6.08. The Morgan fingerprint density at radius 3 is 2.81 bits per heavy atom. The molecule has 0 bridgehead atoms. The molecule has 146 valence electrons. The van der Waals surface area contributed by atoms with E-state index in [1.807, 2.05) is 6.07 Å². The van der Waals surface area contributed by atoms with E-state index < -0.39 is 11.6 Å². The van der Waals surface area contributed by atoms with Crippen LogP contribution in [0.2, 0.25) is 0 Å². The van der Waals surface area contributed by atoms with Crippen molar-refractivity contribution < 1.29 is 14.4 Å². The minimum Gasteiger partial charge on any atom is -0.349 e. The molecule has 2 N–H and O–H groups in total. The Labute approximate surface area is 158 Å². The van der Waals surface area contributed by atoms with Gasteiger partial charge in [-0.15, -0.1) is 0 Å². The Hall–Kier alpha value is -2.35. The number of carbonyl (C=O) groups excluding carboxylic acids is 3. The second-order valence-corrected chi connectivity index (χ2v) is 7.84. The quantitative estimate of drug-likeness (QED) is 0.784. The number of rotatable bonds is 4. The number of nitrogens with one attached hydrogen (secondary N) is 2. The van der Waals surface area contributed by atoms with Crippen molar-refractivity contribution in [2.75, 3.05) is 13.1 Å². The van der Waals surface area contributed by atoms with Crippen molar-refractivity contribution in [2.45, 2.75) is 63.6 Å². The summed E-state index contributed by atoms with van der Waals surface area (Å²) in [6.45, 7) is 4.51. The van der Waals surface area contributed by atoms with Crippen LogP contribution in [0.25, 0.3) is 0 Å². The van der Waals surface area contributed by atoms with Crippen LogP contribution in [0.3, 0.4) is 0 Å². The highest BCUT2D eigenvalue weighted by Gasteiger charge is 2.52. The molecule has 3 heterocycles. The molecule has 0 radical (unpaired) electrons. The first-order valence-electron chi connectivity index (χ1n) is 9.85. The van der Waals surface area contributed by atoms with Crippen molar-refractivity contribution in [2.24, 2.45) is 0 Å². The summed E-state index contributed by atoms with van der Waals surface area (Å²) in [5, 5.41) is 3.69. The van der Waals surface area contributed by atoms with Gasteiger partial charge in [0.2, 0.25) is 5.91 Å². The molecule has 1 saturated carbocycles. The second kappa shape index (κ2) is 6.99. The molecule has 8 nitrogen and oxygen atoms in total. The van der Waals surface area contributed by atoms with Crippen LogP contribution in [0.1, 0.15) is 57.2 Å². The maximum absolute atomic E-state index is 12.7. The number of carbonyl (C=O) groups is 3. The first kappa shape index (κ1) is 18.0. The van der Waals surface area contributed by atoms with E-state index in [1.165, 1.54) is 5.69 Å². The molecule has 1 unspecified atom stereocenters. The van der Waals surface area contributed by atoms with E-state index in [4.69, 9.17) is 0 Å². The standard InChI is InChI=1S/C19H27N5O3/c1-14-15-6-5-10-23(15)13-12-22(14)11-7-16(25)21-24-17(26)19(20-18(24)27)8-3-2-4-9-19/h5-6,10,14H,2-4,7-9,11-13H2,1H3,(H,20,27)(H,21,25). The third kappa shape index (κ3) is 3.22. The highest BCUT2D eigenvalue weighted by atomic mass is 16.2. The lowest BCUT2D eigenvalue weighted by atomic mass is 9.82. The van der Waals surface area contributed by atoms with Crippen LogP contribution in [-0.2, 0) is 16.1 Å². The fraction of sp³-hybridized carbons (Fsp3) is 0.632. The smallest absolute Gasteiger partial charge is 0.344 e. The summed E-state index contributed by atoms with van der Waals surface area (Å²) in [7, 11) is 0. The van der Waals surface area contributed by atoms with Crippen molar-refractivity contribution >= 4 is 17.8 Å². The normalized spacial score (nSPS) is 24.8. The summed E-state index contributed by atoms with van der Waals surface area (Å²) in [6.07, 6.45) is 6.53. The number of hydrazine groups is 1. The third-order valence-electron chi connectivity index (χ3n) is 6.20. The average molecular weight is 373 g/mol. The van der Waals surface area contributed by atoms with E-state index in [9.17, 15) is 14.4 Å². The fourth-order valence-electron chi connectivity index (χ4n) is 4.57. The molecular weight excluding hydrogens is 346 g/mol. The van der Waals surface area contributed by atoms with Crippen molar-refractivity contribution in [3.05, 3.63) is 24.0 Å². The largest absolute Gasteiger partial charge is 0.349 e. The first-order valence-corrected chi connectivity index (χ1v) is 9.85. The minimum absolute atomic E-state index is 0.240. The predicted molar refractivity (Wildman–Crippen MR) is 98.4 cm³/mol. The van der Waals surface area contributed by atoms with Crippen molar-refractivity contribution in [3.8, 4) is 0 Å². The van der Waals surface area contributed by atoms with Crippen LogP contribution in [0.15, 0.2) is 18.3 Å². The molecule has 3 aliphatic rings. The maximum atomic E-state index is 12.7. The maximum Gasteiger partial charge on any atom is 0.344 e. The number of hydrogen-bond donors (Lipinski definition) is 2. The van der Waals surface area contributed by atoms with Gasteiger partial charge in [-0.25, -0.2) is 4.79 Å². The van der Waals surface area contributed by atoms with Gasteiger partial charge in [0, 0.05) is 44.0 Å². The monoisotopic (exact) mass is 373 g/mol. The third-order valence-corrected chi connectivity index (χ3v) is 6.20. The van der Waals surface area contributed by atoms with Gasteiger partial charge in [0.05, 0.1) is 0 Å². The number of urea groups is 1. The molecule has 0 aromatic carbocycles. The molecule has 2 fully saturated rings. The number of imide groups is 1. The van der Waals surface area contributed by atoms with Crippen LogP contribution in [-0.4, -0.2) is 50.9 Å². The fourth-order valence-corrected chi connectivity index (χ4v) is 4.57. The molecule has 1 spiro atoms. The predicted octanol–water partition coefficient (Wildman–Crippen LogP) is 1.54. The van der Waals surface area contributed by atoms with E-state index in [1.54, 1.807) is 0 Å². The van der Waals surface area contributed by atoms with Crippen LogP contribution < -0.4 is 10.7 Å². The van der Waals surface area contributed by atoms with Gasteiger partial charge in [0.15, 0.2) is 0 Å². The van der Waals surface area contributed by atoms with Crippen LogP contribution in [0.4, 0.5) is 4.79 Å². The van der Waals surface area contributed by atoms with Gasteiger partial charge in [-0.05, 0) is 31.9 Å². The number of hydrogen-bond acceptors (Lipinski definition) is 4. The van der Waals surface area contributed by atoms with E-state index >= 15 is 0 Å². The molecule has 2 aliphatic heterocycles. The molecule has 8 heteroatoms. The Balaban J connectivity index is 1.32. The summed E-state index contributed by atoms with van der Waals surface area (Å²) in [5.41, 5.74) is 2.95. The van der Waals surface area contributed by atoms with E-state index in [-0.39, 0.29) is 24.3 Å². The van der Waals surface area contributed by atoms with Gasteiger partial charge in [-0.3, -0.25) is 19.9 Å². The first-order chi connectivity index (χ1) is 13.0. The van der Waals surface area contributed by atoms with Gasteiger partial charge < -0.3 is 9.88 Å². The van der Waals surface area contributed by atoms with E-state index in [0.717, 1.165) is 37.4 Å². The van der Waals surface area contributed by atoms with Crippen molar-refractivity contribution in [1.29, 1.82) is 0 Å². The van der Waals surface area contributed by atoms with E-state index in [0.29, 0.717) is 19.4 Å². The van der Waals surface area contributed by atoms with Gasteiger partial charge in [-0.2, -0.15) is 5.01 Å². The minimum atomic E-state index is -0.810. The average Bonchev–Trinajstić information content (AvgIpc) is 3.22. The SMILES string of the molecule is CC1c2cccn2CCN1CCC(=O)NN1C(=O)NC2(CCCCC2)C1=O. The summed E-state index contributed by atoms with van der Waals surface area (Å²) in [4.78, 5) is 39.6. The topological polar surface area (TPSA) is 86.7 Å². The van der Waals surface area contributed by atoms with Gasteiger partial charge in [0.25, 0.3) is 5.91 Å². The zero-order chi connectivity index (χ0) is 19.0. The van der Waals surface area contributed by atoms with Crippen molar-refractivity contribution in [1.82, 2.24) is 25.2 Å². The van der Waals surface area contributed by atoms with Gasteiger partial charge in [-0.1, -0.05) is 19.3 Å². The second-order valence-electron chi connectivity index (χ2n) is 7.84. The Bertz CT molecular complexity index is 752. The molecule has 1 saturated heterocycles. The molecule has 1 aromatic heterocycles. The molecular formula is C19H27N5O3. The van der Waals surface area contributed by atoms with Gasteiger partial charge in [0.1, 0.15) is 5.54 Å². The van der Waals surface area contributed by atoms with Crippen LogP contribution >= 0.6 is 0 Å². The summed E-state index contributed by atoms with van der Waals surface area (Å²) in [5.74, 6) is -0.621. The lowest BCUT2D eigenvalue weighted by Gasteiger charge is -2.34. The number of aromatic nitrogens is 1. The molecule has 1 aliphatic carbocycles. The number of fused-ring (bicyclic) bond motifs is 1. The molecule has 4 rings (SSSR count). The van der Waals surface area contributed by atoms with Crippen LogP contribution in [0.5, 0.6) is 0 Å². The number of nitrogens with zero attached hydrogens (tertiary/aromatic N) is 3. The summed E-state index contributed by atoms with van der Waals surface area (Å²) < 4.78 is 2.23. The van der Waals surface area contributed by atoms with Gasteiger partial charge >= 0.3 is 6.03 Å². The zero-order valence-electron chi connectivity index (χ0n) is 15.7. The Morgan fingerprint density at radius 1 is 1.26 bits per heavy atom. The Morgan fingerprint density at radius 2 is 2.04 bits per heavy atom. The molecule has 1 atom stereocenters. The number of amides is 4. The molecule has 4 amide bonds. The van der Waals surface area contributed by atoms with E-state index in [2.05, 4.69) is 39.4 Å².